The summed E-state index contributed by atoms with van der Waals surface area (Å²) >= 11 is 0. The van der Waals surface area contributed by atoms with Crippen molar-refractivity contribution >= 4 is 23.7 Å². The summed E-state index contributed by atoms with van der Waals surface area (Å²) in [5.41, 5.74) is -4.38. The first-order chi connectivity index (χ1) is 17.2. The van der Waals surface area contributed by atoms with E-state index in [1.165, 1.54) is 13.2 Å². The molecule has 10 nitrogen and oxygen atoms in total. The summed E-state index contributed by atoms with van der Waals surface area (Å²) in [6.07, 6.45) is -1.28. The average molecular weight is 519 g/mol. The van der Waals surface area contributed by atoms with E-state index < -0.39 is 64.0 Å². The summed E-state index contributed by atoms with van der Waals surface area (Å²) in [6.45, 7) is 9.79. The van der Waals surface area contributed by atoms with Crippen molar-refractivity contribution in [2.24, 2.45) is 28.1 Å². The average Bonchev–Trinajstić information content (AvgIpc) is 3.47. The Hall–Kier alpha value is -2.30. The zero-order valence-corrected chi connectivity index (χ0v) is 22.0. The number of Topliss-reactive ketones (excluding diaryl/α,β-unsaturated/α-hetero) is 1. The number of fused-ring (bicyclic) bond motifs is 3. The summed E-state index contributed by atoms with van der Waals surface area (Å²) in [4.78, 5) is 52.4. The van der Waals surface area contributed by atoms with Crippen LogP contribution in [0.25, 0.3) is 0 Å². The van der Waals surface area contributed by atoms with E-state index in [9.17, 15) is 24.3 Å². The van der Waals surface area contributed by atoms with Gasteiger partial charge in [-0.15, -0.1) is 0 Å². The number of carbonyl (C=O) groups excluding carboxylic acids is 4. The molecule has 202 valence electrons. The van der Waals surface area contributed by atoms with Crippen molar-refractivity contribution in [3.63, 3.8) is 0 Å². The quantitative estimate of drug-likeness (QED) is 0.333. The van der Waals surface area contributed by atoms with Crippen molar-refractivity contribution in [1.82, 2.24) is 0 Å². The molecule has 1 unspecified atom stereocenters. The van der Waals surface area contributed by atoms with Crippen LogP contribution in [-0.4, -0.2) is 71.7 Å². The molecule has 0 amide bonds. The topological polar surface area (TPSA) is 138 Å². The van der Waals surface area contributed by atoms with E-state index in [1.54, 1.807) is 0 Å². The van der Waals surface area contributed by atoms with E-state index in [2.05, 4.69) is 6.92 Å². The first-order valence-electron chi connectivity index (χ1n) is 13.0. The number of ether oxygens (including phenoxy) is 5. The molecule has 2 aliphatic carbocycles. The second-order valence-corrected chi connectivity index (χ2v) is 12.7. The van der Waals surface area contributed by atoms with Gasteiger partial charge in [0.25, 0.3) is 0 Å². The van der Waals surface area contributed by atoms with Crippen LogP contribution in [0.1, 0.15) is 60.3 Å². The van der Waals surface area contributed by atoms with Crippen LogP contribution < -0.4 is 0 Å². The zero-order valence-electron chi connectivity index (χ0n) is 22.0. The highest BCUT2D eigenvalue weighted by Crippen LogP contribution is 2.78. The fraction of sp³-hybridized carbons (Fsp3) is 0.778. The van der Waals surface area contributed by atoms with Crippen LogP contribution in [0.2, 0.25) is 0 Å². The fourth-order valence-electron chi connectivity index (χ4n) is 9.34. The van der Waals surface area contributed by atoms with Gasteiger partial charge in [-0.2, -0.15) is 0 Å². The molecule has 0 aromatic carbocycles. The Morgan fingerprint density at radius 2 is 1.76 bits per heavy atom. The van der Waals surface area contributed by atoms with Crippen LogP contribution in [-0.2, 0) is 42.9 Å². The molecule has 0 radical (unpaired) electrons. The molecule has 0 aromatic rings. The number of aliphatic hydroxyl groups excluding tert-OH is 1. The summed E-state index contributed by atoms with van der Waals surface area (Å²) < 4.78 is 28.4. The molecular formula is C27H34O10. The molecule has 10 atom stereocenters. The number of cyclic esters (lactones) is 2. The number of hydrogen-bond acceptors (Lipinski definition) is 10. The Morgan fingerprint density at radius 3 is 2.38 bits per heavy atom. The van der Waals surface area contributed by atoms with Gasteiger partial charge in [-0.25, -0.2) is 9.59 Å². The number of methoxy groups -OCH3 is 1. The molecule has 4 aliphatic heterocycles. The van der Waals surface area contributed by atoms with Gasteiger partial charge in [0.1, 0.15) is 17.5 Å². The molecule has 3 saturated heterocycles. The minimum absolute atomic E-state index is 0.0137. The molecular weight excluding hydrogens is 484 g/mol. The lowest BCUT2D eigenvalue weighted by Crippen LogP contribution is -2.72. The zero-order chi connectivity index (χ0) is 26.9. The molecule has 0 aromatic heterocycles. The van der Waals surface area contributed by atoms with E-state index in [0.717, 1.165) is 0 Å². The Labute approximate surface area is 215 Å². The van der Waals surface area contributed by atoms with E-state index in [0.29, 0.717) is 12.8 Å². The smallest absolute Gasteiger partial charge is 0.340 e. The van der Waals surface area contributed by atoms with E-state index >= 15 is 0 Å². The van der Waals surface area contributed by atoms with Crippen LogP contribution in [0.4, 0.5) is 0 Å². The van der Waals surface area contributed by atoms with Crippen LogP contribution in [0.15, 0.2) is 11.6 Å². The highest BCUT2D eigenvalue weighted by molar-refractivity contribution is 5.96. The number of rotatable bonds is 3. The Bertz CT molecular complexity index is 1160. The van der Waals surface area contributed by atoms with Gasteiger partial charge in [0.2, 0.25) is 6.29 Å². The molecule has 4 heterocycles. The summed E-state index contributed by atoms with van der Waals surface area (Å²) in [6, 6.07) is 0. The van der Waals surface area contributed by atoms with Crippen molar-refractivity contribution in [2.75, 3.05) is 7.11 Å². The van der Waals surface area contributed by atoms with Crippen molar-refractivity contribution in [2.45, 2.75) is 96.1 Å². The molecule has 0 bridgehead atoms. The number of carbonyl (C=O) groups is 4. The van der Waals surface area contributed by atoms with E-state index in [4.69, 9.17) is 23.7 Å². The highest BCUT2D eigenvalue weighted by atomic mass is 16.7. The molecule has 1 N–H and O–H groups in total. The lowest BCUT2D eigenvalue weighted by atomic mass is 9.37. The van der Waals surface area contributed by atoms with Crippen molar-refractivity contribution in [3.05, 3.63) is 11.6 Å². The lowest BCUT2D eigenvalue weighted by Gasteiger charge is -2.64. The third kappa shape index (κ3) is 2.71. The molecule has 37 heavy (non-hydrogen) atoms. The predicted molar refractivity (Wildman–Crippen MR) is 123 cm³/mol. The molecule has 6 aliphatic rings. The standard InChI is InChI=1S/C27H34O10/c1-23(2)14-10-15(28)26(5)13(25(14,4)16(36-23)11-17(29)33-6)7-8-24(3)19(12-9-18(30)34-21(12)31)35-22(32)20-27(24,26)37-20/h9,13-14,16,18-20,30H,7-8,10-11H2,1-6H3/t13-,14+,16-,18?,19+,20-,24+,25-,26+,27-/m1/s1. The van der Waals surface area contributed by atoms with Gasteiger partial charge in [0.05, 0.1) is 36.2 Å². The van der Waals surface area contributed by atoms with Crippen LogP contribution in [0.3, 0.4) is 0 Å². The van der Waals surface area contributed by atoms with Gasteiger partial charge in [-0.05, 0) is 45.6 Å². The van der Waals surface area contributed by atoms with Gasteiger partial charge >= 0.3 is 17.9 Å². The largest absolute Gasteiger partial charge is 0.469 e. The number of aliphatic hydroxyl groups is 1. The Morgan fingerprint density at radius 1 is 1.05 bits per heavy atom. The predicted octanol–water partition coefficient (Wildman–Crippen LogP) is 1.61. The van der Waals surface area contributed by atoms with E-state index in [1.807, 2.05) is 27.7 Å². The van der Waals surface area contributed by atoms with Crippen molar-refractivity contribution in [3.8, 4) is 0 Å². The Balaban J connectivity index is 1.48. The number of epoxide rings is 1. The summed E-state index contributed by atoms with van der Waals surface area (Å²) in [5, 5.41) is 9.91. The summed E-state index contributed by atoms with van der Waals surface area (Å²) in [7, 11) is 1.35. The van der Waals surface area contributed by atoms with Crippen LogP contribution >= 0.6 is 0 Å². The van der Waals surface area contributed by atoms with E-state index in [-0.39, 0.29) is 42.0 Å². The molecule has 6 rings (SSSR count). The maximum atomic E-state index is 14.3. The second kappa shape index (κ2) is 7.21. The fourth-order valence-corrected chi connectivity index (χ4v) is 9.34. The minimum Gasteiger partial charge on any atom is -0.469 e. The minimum atomic E-state index is -1.42. The highest BCUT2D eigenvalue weighted by Gasteiger charge is 2.89. The van der Waals surface area contributed by atoms with Crippen LogP contribution in [0, 0.1) is 28.1 Å². The normalized spacial score (nSPS) is 51.1. The van der Waals surface area contributed by atoms with Gasteiger partial charge in [0, 0.05) is 23.2 Å². The lowest BCUT2D eigenvalue weighted by molar-refractivity contribution is -0.205. The Kier molecular flexibility index (Phi) is 4.87. The maximum absolute atomic E-state index is 14.3. The maximum Gasteiger partial charge on any atom is 0.340 e. The third-order valence-corrected chi connectivity index (χ3v) is 11.0. The van der Waals surface area contributed by atoms with Gasteiger partial charge < -0.3 is 28.8 Å². The van der Waals surface area contributed by atoms with Crippen molar-refractivity contribution in [1.29, 1.82) is 0 Å². The van der Waals surface area contributed by atoms with Crippen molar-refractivity contribution < 1.29 is 48.0 Å². The van der Waals surface area contributed by atoms with Gasteiger partial charge in [-0.1, -0.05) is 13.8 Å². The third-order valence-electron chi connectivity index (χ3n) is 11.0. The van der Waals surface area contributed by atoms with Gasteiger partial charge in [0.15, 0.2) is 6.10 Å². The monoisotopic (exact) mass is 518 g/mol. The van der Waals surface area contributed by atoms with Crippen LogP contribution in [0.5, 0.6) is 0 Å². The SMILES string of the molecule is COC(=O)C[C@H]1OC(C)(C)[C@@H]2CC(=O)[C@]3(C)[C@H](CC[C@@]4(C)[C@H](C5=CC(O)OC5=O)OC(=O)[C@H]5O[C@]543)[C@@]12C. The molecule has 2 saturated carbocycles. The number of ketones is 1. The number of esters is 3. The molecule has 10 heteroatoms. The summed E-state index contributed by atoms with van der Waals surface area (Å²) in [5.74, 6) is -2.19. The van der Waals surface area contributed by atoms with Gasteiger partial charge in [-0.3, -0.25) is 9.59 Å². The first kappa shape index (κ1) is 25.0. The molecule has 1 spiro atoms. The first-order valence-corrected chi connectivity index (χ1v) is 13.0. The second-order valence-electron chi connectivity index (χ2n) is 12.7. The number of hydrogen-bond donors (Lipinski definition) is 1. The molecule has 5 fully saturated rings.